The SMILES string of the molecule is CC1(N)CCCCC1C(=O)N1CCN(C(=O)c2cccc(F)c2)CC1. The predicted molar refractivity (Wildman–Crippen MR) is 93.4 cm³/mol. The molecule has 1 aromatic rings. The fourth-order valence-electron chi connectivity index (χ4n) is 3.92. The predicted octanol–water partition coefficient (Wildman–Crippen LogP) is 2.02. The average Bonchev–Trinajstić information content (AvgIpc) is 2.60. The van der Waals surface area contributed by atoms with E-state index in [0.717, 1.165) is 25.7 Å². The van der Waals surface area contributed by atoms with Gasteiger partial charge in [-0.3, -0.25) is 9.59 Å². The fraction of sp³-hybridized carbons (Fsp3) is 0.579. The smallest absolute Gasteiger partial charge is 0.254 e. The van der Waals surface area contributed by atoms with Crippen LogP contribution in [0.5, 0.6) is 0 Å². The van der Waals surface area contributed by atoms with Crippen molar-refractivity contribution in [3.8, 4) is 0 Å². The van der Waals surface area contributed by atoms with Gasteiger partial charge >= 0.3 is 0 Å². The second-order valence-electron chi connectivity index (χ2n) is 7.43. The Morgan fingerprint density at radius 3 is 2.48 bits per heavy atom. The largest absolute Gasteiger partial charge is 0.339 e. The van der Waals surface area contributed by atoms with E-state index in [1.165, 1.54) is 18.2 Å². The minimum Gasteiger partial charge on any atom is -0.339 e. The minimum atomic E-state index is -0.441. The quantitative estimate of drug-likeness (QED) is 0.890. The van der Waals surface area contributed by atoms with E-state index >= 15 is 0 Å². The molecule has 1 aliphatic carbocycles. The third-order valence-corrected chi connectivity index (χ3v) is 5.50. The molecule has 1 aliphatic heterocycles. The maximum absolute atomic E-state index is 13.3. The summed E-state index contributed by atoms with van der Waals surface area (Å²) in [5.74, 6) is -0.624. The van der Waals surface area contributed by atoms with Gasteiger partial charge in [0, 0.05) is 37.3 Å². The molecule has 1 saturated carbocycles. The Balaban J connectivity index is 1.60. The zero-order valence-electron chi connectivity index (χ0n) is 14.7. The van der Waals surface area contributed by atoms with Crippen LogP contribution < -0.4 is 5.73 Å². The van der Waals surface area contributed by atoms with Crippen LogP contribution in [-0.2, 0) is 4.79 Å². The number of carbonyl (C=O) groups is 2. The van der Waals surface area contributed by atoms with Crippen molar-refractivity contribution in [1.82, 2.24) is 9.80 Å². The van der Waals surface area contributed by atoms with E-state index in [2.05, 4.69) is 0 Å². The molecular weight excluding hydrogens is 321 g/mol. The number of carbonyl (C=O) groups excluding carboxylic acids is 2. The van der Waals surface area contributed by atoms with Crippen LogP contribution in [0.2, 0.25) is 0 Å². The highest BCUT2D eigenvalue weighted by Gasteiger charge is 2.40. The van der Waals surface area contributed by atoms with Crippen LogP contribution in [0.15, 0.2) is 24.3 Å². The van der Waals surface area contributed by atoms with Crippen molar-refractivity contribution in [2.75, 3.05) is 26.2 Å². The number of rotatable bonds is 2. The zero-order chi connectivity index (χ0) is 18.0. The Morgan fingerprint density at radius 2 is 1.84 bits per heavy atom. The normalized spacial score (nSPS) is 27.2. The first-order valence-corrected chi connectivity index (χ1v) is 9.01. The molecule has 3 rings (SSSR count). The molecule has 2 aliphatic rings. The van der Waals surface area contributed by atoms with Crippen molar-refractivity contribution in [3.63, 3.8) is 0 Å². The van der Waals surface area contributed by atoms with Gasteiger partial charge in [-0.25, -0.2) is 4.39 Å². The van der Waals surface area contributed by atoms with E-state index in [1.807, 2.05) is 11.8 Å². The maximum Gasteiger partial charge on any atom is 0.254 e. The van der Waals surface area contributed by atoms with Crippen molar-refractivity contribution < 1.29 is 14.0 Å². The number of nitrogens with two attached hydrogens (primary N) is 1. The summed E-state index contributed by atoms with van der Waals surface area (Å²) in [7, 11) is 0. The van der Waals surface area contributed by atoms with Gasteiger partial charge in [0.1, 0.15) is 5.82 Å². The molecule has 0 bridgehead atoms. The molecule has 0 radical (unpaired) electrons. The molecule has 6 heteroatoms. The van der Waals surface area contributed by atoms with Gasteiger partial charge in [0.25, 0.3) is 5.91 Å². The summed E-state index contributed by atoms with van der Waals surface area (Å²) in [6.45, 7) is 3.92. The van der Waals surface area contributed by atoms with Gasteiger partial charge < -0.3 is 15.5 Å². The molecule has 0 spiro atoms. The third-order valence-electron chi connectivity index (χ3n) is 5.50. The zero-order valence-corrected chi connectivity index (χ0v) is 14.7. The molecule has 2 atom stereocenters. The van der Waals surface area contributed by atoms with Crippen molar-refractivity contribution in [1.29, 1.82) is 0 Å². The highest BCUT2D eigenvalue weighted by Crippen LogP contribution is 2.33. The number of benzene rings is 1. The number of halogens is 1. The van der Waals surface area contributed by atoms with Crippen molar-refractivity contribution >= 4 is 11.8 Å². The Morgan fingerprint density at radius 1 is 1.16 bits per heavy atom. The monoisotopic (exact) mass is 347 g/mol. The van der Waals surface area contributed by atoms with Crippen LogP contribution in [0.4, 0.5) is 4.39 Å². The standard InChI is InChI=1S/C19H26FN3O2/c1-19(21)8-3-2-7-16(19)18(25)23-11-9-22(10-12-23)17(24)14-5-4-6-15(20)13-14/h4-6,13,16H,2-3,7-12,21H2,1H3. The minimum absolute atomic E-state index is 0.113. The number of amides is 2. The summed E-state index contributed by atoms with van der Waals surface area (Å²) < 4.78 is 13.3. The first-order chi connectivity index (χ1) is 11.9. The number of hydrogen-bond donors (Lipinski definition) is 1. The van der Waals surface area contributed by atoms with Gasteiger partial charge in [0.2, 0.25) is 5.91 Å². The van der Waals surface area contributed by atoms with Crippen LogP contribution in [-0.4, -0.2) is 53.3 Å². The van der Waals surface area contributed by atoms with Crippen LogP contribution in [0, 0.1) is 11.7 Å². The molecule has 5 nitrogen and oxygen atoms in total. The molecule has 2 unspecified atom stereocenters. The lowest BCUT2D eigenvalue weighted by Gasteiger charge is -2.42. The van der Waals surface area contributed by atoms with E-state index in [0.29, 0.717) is 31.7 Å². The Labute approximate surface area is 148 Å². The molecule has 0 aromatic heterocycles. The highest BCUT2D eigenvalue weighted by molar-refractivity contribution is 5.94. The van der Waals surface area contributed by atoms with Crippen LogP contribution in [0.1, 0.15) is 43.0 Å². The molecular formula is C19H26FN3O2. The first kappa shape index (κ1) is 17.9. The van der Waals surface area contributed by atoms with E-state index in [9.17, 15) is 14.0 Å². The second-order valence-corrected chi connectivity index (χ2v) is 7.43. The van der Waals surface area contributed by atoms with Gasteiger partial charge in [0.15, 0.2) is 0 Å². The molecule has 1 saturated heterocycles. The fourth-order valence-corrected chi connectivity index (χ4v) is 3.92. The Hall–Kier alpha value is -1.95. The molecule has 1 heterocycles. The van der Waals surface area contributed by atoms with E-state index < -0.39 is 11.4 Å². The maximum atomic E-state index is 13.3. The first-order valence-electron chi connectivity index (χ1n) is 9.01. The van der Waals surface area contributed by atoms with Crippen molar-refractivity contribution in [3.05, 3.63) is 35.6 Å². The summed E-state index contributed by atoms with van der Waals surface area (Å²) >= 11 is 0. The summed E-state index contributed by atoms with van der Waals surface area (Å²) in [6.07, 6.45) is 3.84. The van der Waals surface area contributed by atoms with Gasteiger partial charge in [-0.15, -0.1) is 0 Å². The van der Waals surface area contributed by atoms with E-state index in [4.69, 9.17) is 5.73 Å². The van der Waals surface area contributed by atoms with Crippen molar-refractivity contribution in [2.24, 2.45) is 11.7 Å². The van der Waals surface area contributed by atoms with Crippen LogP contribution in [0.3, 0.4) is 0 Å². The van der Waals surface area contributed by atoms with E-state index in [-0.39, 0.29) is 17.7 Å². The molecule has 2 amide bonds. The number of nitrogens with zero attached hydrogens (tertiary/aromatic N) is 2. The third kappa shape index (κ3) is 3.84. The summed E-state index contributed by atoms with van der Waals surface area (Å²) in [5, 5.41) is 0. The molecule has 1 aromatic carbocycles. The van der Waals surface area contributed by atoms with Crippen LogP contribution in [0.25, 0.3) is 0 Å². The number of piperazine rings is 1. The molecule has 25 heavy (non-hydrogen) atoms. The molecule has 136 valence electrons. The Bertz CT molecular complexity index is 654. The average molecular weight is 347 g/mol. The highest BCUT2D eigenvalue weighted by atomic mass is 19.1. The van der Waals surface area contributed by atoms with Crippen LogP contribution >= 0.6 is 0 Å². The molecule has 2 fully saturated rings. The lowest BCUT2D eigenvalue weighted by molar-refractivity contribution is -0.140. The summed E-state index contributed by atoms with van der Waals surface area (Å²) in [4.78, 5) is 28.8. The lowest BCUT2D eigenvalue weighted by Crippen LogP contribution is -2.57. The van der Waals surface area contributed by atoms with Gasteiger partial charge in [-0.05, 0) is 38.0 Å². The van der Waals surface area contributed by atoms with Gasteiger partial charge in [0.05, 0.1) is 5.92 Å². The molecule has 2 N–H and O–H groups in total. The van der Waals surface area contributed by atoms with E-state index in [1.54, 1.807) is 11.0 Å². The van der Waals surface area contributed by atoms with Gasteiger partial charge in [-0.1, -0.05) is 18.9 Å². The lowest BCUT2D eigenvalue weighted by atomic mass is 9.74. The number of hydrogen-bond acceptors (Lipinski definition) is 3. The summed E-state index contributed by atoms with van der Waals surface area (Å²) in [5.41, 5.74) is 6.26. The Kier molecular flexibility index (Phi) is 5.08. The summed E-state index contributed by atoms with van der Waals surface area (Å²) in [6, 6.07) is 5.72. The van der Waals surface area contributed by atoms with Crippen molar-refractivity contribution in [2.45, 2.75) is 38.1 Å². The topological polar surface area (TPSA) is 66.6 Å². The van der Waals surface area contributed by atoms with Gasteiger partial charge in [-0.2, -0.15) is 0 Å². The second kappa shape index (κ2) is 7.12.